The summed E-state index contributed by atoms with van der Waals surface area (Å²) in [5.74, 6) is -1.29. The van der Waals surface area contributed by atoms with Crippen molar-refractivity contribution in [1.29, 1.82) is 5.26 Å². The highest BCUT2D eigenvalue weighted by Crippen LogP contribution is 2.53. The Balaban J connectivity index is 1.80. The minimum atomic E-state index is -0.842. The molecule has 0 saturated heterocycles. The van der Waals surface area contributed by atoms with Crippen LogP contribution in [-0.4, -0.2) is 23.3 Å². The number of nitro groups is 1. The van der Waals surface area contributed by atoms with Crippen LogP contribution in [0, 0.1) is 26.9 Å². The number of carbonyl (C=O) groups is 2. The lowest BCUT2D eigenvalue weighted by molar-refractivity contribution is -0.384. The van der Waals surface area contributed by atoms with Crippen LogP contribution >= 0.6 is 11.3 Å². The average molecular weight is 547 g/mol. The Morgan fingerprint density at radius 1 is 1.31 bits per heavy atom. The molecule has 0 fully saturated rings. The predicted octanol–water partition coefficient (Wildman–Crippen LogP) is 5.65. The van der Waals surface area contributed by atoms with Crippen molar-refractivity contribution in [2.75, 3.05) is 11.5 Å². The van der Waals surface area contributed by atoms with E-state index in [1.54, 1.807) is 24.0 Å². The number of aryl methyl sites for hydroxylation is 1. The number of hydrogen-bond donors (Lipinski definition) is 1. The summed E-state index contributed by atoms with van der Waals surface area (Å²) in [7, 11) is 0. The van der Waals surface area contributed by atoms with E-state index in [1.807, 2.05) is 13.8 Å². The van der Waals surface area contributed by atoms with Gasteiger partial charge in [-0.05, 0) is 55.6 Å². The van der Waals surface area contributed by atoms with Crippen molar-refractivity contribution in [3.8, 4) is 6.07 Å². The number of hydrogen-bond acceptors (Lipinski definition) is 9. The molecule has 2 aromatic rings. The van der Waals surface area contributed by atoms with Crippen LogP contribution in [0.4, 0.5) is 10.7 Å². The molecule has 10 heteroatoms. The Hall–Kier alpha value is -3.97. The number of rotatable bonds is 5. The van der Waals surface area contributed by atoms with E-state index in [4.69, 9.17) is 10.5 Å². The van der Waals surface area contributed by atoms with Crippen molar-refractivity contribution in [3.63, 3.8) is 0 Å². The van der Waals surface area contributed by atoms with Gasteiger partial charge in [0.1, 0.15) is 10.8 Å². The summed E-state index contributed by atoms with van der Waals surface area (Å²) < 4.78 is 5.47. The number of nitriles is 1. The normalized spacial score (nSPS) is 20.3. The van der Waals surface area contributed by atoms with Gasteiger partial charge in [0, 0.05) is 34.7 Å². The fraction of sp³-hybridized carbons (Fsp3) is 0.414. The third kappa shape index (κ3) is 4.51. The largest absolute Gasteiger partial charge is 0.462 e. The number of Topliss-reactive ketones (excluding diaryl/α,β-unsaturated/α-hetero) is 1. The molecule has 3 aliphatic rings. The summed E-state index contributed by atoms with van der Waals surface area (Å²) in [4.78, 5) is 41.0. The highest BCUT2D eigenvalue weighted by molar-refractivity contribution is 7.16. The zero-order valence-electron chi connectivity index (χ0n) is 22.2. The van der Waals surface area contributed by atoms with Crippen LogP contribution in [0.25, 0.3) is 0 Å². The fourth-order valence-electron chi connectivity index (χ4n) is 6.01. The van der Waals surface area contributed by atoms with Crippen LogP contribution < -0.4 is 10.6 Å². The Labute approximate surface area is 230 Å². The van der Waals surface area contributed by atoms with E-state index < -0.39 is 22.2 Å². The second-order valence-corrected chi connectivity index (χ2v) is 12.0. The van der Waals surface area contributed by atoms with Crippen molar-refractivity contribution in [3.05, 3.63) is 78.6 Å². The summed E-state index contributed by atoms with van der Waals surface area (Å²) in [5.41, 5.74) is 9.29. The topological polar surface area (TPSA) is 140 Å². The van der Waals surface area contributed by atoms with Gasteiger partial charge in [-0.1, -0.05) is 26.0 Å². The molecule has 9 nitrogen and oxygen atoms in total. The van der Waals surface area contributed by atoms with Gasteiger partial charge in [-0.15, -0.1) is 11.3 Å². The lowest BCUT2D eigenvalue weighted by Gasteiger charge is -2.43. The number of esters is 1. The smallest absolute Gasteiger partial charge is 0.341 e. The molecule has 39 heavy (non-hydrogen) atoms. The number of nitrogens with zero attached hydrogens (tertiary/aromatic N) is 3. The zero-order chi connectivity index (χ0) is 28.1. The van der Waals surface area contributed by atoms with Crippen molar-refractivity contribution in [1.82, 2.24) is 0 Å². The van der Waals surface area contributed by atoms with Crippen molar-refractivity contribution in [2.24, 2.45) is 11.1 Å². The summed E-state index contributed by atoms with van der Waals surface area (Å²) >= 11 is 1.47. The average Bonchev–Trinajstić information content (AvgIpc) is 3.26. The maximum Gasteiger partial charge on any atom is 0.341 e. The van der Waals surface area contributed by atoms with E-state index in [2.05, 4.69) is 6.07 Å². The number of benzene rings is 1. The first-order valence-corrected chi connectivity index (χ1v) is 13.9. The molecular formula is C29H30N4O5S. The highest BCUT2D eigenvalue weighted by atomic mass is 32.1. The van der Waals surface area contributed by atoms with E-state index in [9.17, 15) is 25.0 Å². The van der Waals surface area contributed by atoms with Gasteiger partial charge in [0.15, 0.2) is 5.78 Å². The summed E-state index contributed by atoms with van der Waals surface area (Å²) in [6.07, 6.45) is 4.28. The lowest BCUT2D eigenvalue weighted by Crippen LogP contribution is -2.42. The molecule has 2 N–H and O–H groups in total. The third-order valence-corrected chi connectivity index (χ3v) is 8.91. The first-order chi connectivity index (χ1) is 18.6. The molecule has 1 aromatic heterocycles. The summed E-state index contributed by atoms with van der Waals surface area (Å²) in [6, 6.07) is 8.21. The van der Waals surface area contributed by atoms with Crippen LogP contribution in [0.2, 0.25) is 0 Å². The monoisotopic (exact) mass is 546 g/mol. The van der Waals surface area contributed by atoms with Crippen LogP contribution in [0.15, 0.2) is 46.9 Å². The maximum absolute atomic E-state index is 13.8. The predicted molar refractivity (Wildman–Crippen MR) is 147 cm³/mol. The number of nitrogens with two attached hydrogens (primary N) is 1. The van der Waals surface area contributed by atoms with Crippen molar-refractivity contribution in [2.45, 2.75) is 65.2 Å². The number of non-ortho nitro benzene ring substituents is 1. The van der Waals surface area contributed by atoms with E-state index >= 15 is 0 Å². The molecule has 2 heterocycles. The molecule has 202 valence electrons. The van der Waals surface area contributed by atoms with Crippen LogP contribution in [0.5, 0.6) is 0 Å². The van der Waals surface area contributed by atoms with Crippen LogP contribution in [-0.2, 0) is 22.4 Å². The zero-order valence-corrected chi connectivity index (χ0v) is 23.0. The standard InChI is InChI=1S/C29H30N4O5S/c1-4-38-28(35)24-18-10-5-6-11-22(18)39-27(24)32-20-13-29(2,3)14-21(34)25(20)23(19(15-30)26(32)31)16-8-7-9-17(12-16)33(36)37/h7-9,12,23H,4-6,10-11,13-14,31H2,1-3H3. The molecular weight excluding hydrogens is 516 g/mol. The molecule has 1 unspecified atom stereocenters. The highest BCUT2D eigenvalue weighted by Gasteiger charge is 2.46. The second kappa shape index (κ2) is 9.97. The quantitative estimate of drug-likeness (QED) is 0.288. The molecule has 0 spiro atoms. The first kappa shape index (κ1) is 26.6. The molecule has 1 atom stereocenters. The molecule has 0 radical (unpaired) electrons. The van der Waals surface area contributed by atoms with E-state index in [0.717, 1.165) is 36.1 Å². The molecule has 0 amide bonds. The second-order valence-electron chi connectivity index (χ2n) is 10.9. The Morgan fingerprint density at radius 3 is 2.74 bits per heavy atom. The van der Waals surface area contributed by atoms with Gasteiger partial charge in [-0.2, -0.15) is 5.26 Å². The number of fused-ring (bicyclic) bond motifs is 1. The van der Waals surface area contributed by atoms with Gasteiger partial charge in [-0.3, -0.25) is 19.8 Å². The molecule has 0 saturated carbocycles. The number of ether oxygens (including phenoxy) is 1. The lowest BCUT2D eigenvalue weighted by atomic mass is 9.68. The number of thiophene rings is 1. The number of nitro benzene ring substituents is 1. The molecule has 1 aliphatic heterocycles. The number of anilines is 1. The van der Waals surface area contributed by atoms with Gasteiger partial charge in [0.25, 0.3) is 5.69 Å². The Bertz CT molecular complexity index is 1510. The van der Waals surface area contributed by atoms with Gasteiger partial charge in [-0.25, -0.2) is 4.79 Å². The summed E-state index contributed by atoms with van der Waals surface area (Å²) in [6.45, 7) is 5.97. The maximum atomic E-state index is 13.8. The molecule has 2 aliphatic carbocycles. The molecule has 0 bridgehead atoms. The van der Waals surface area contributed by atoms with Gasteiger partial charge in [0.05, 0.1) is 34.7 Å². The third-order valence-electron chi connectivity index (χ3n) is 7.63. The number of carbonyl (C=O) groups excluding carboxylic acids is 2. The Morgan fingerprint density at radius 2 is 2.05 bits per heavy atom. The molecule has 1 aromatic carbocycles. The van der Waals surface area contributed by atoms with E-state index in [-0.39, 0.29) is 35.9 Å². The Kier molecular flexibility index (Phi) is 6.81. The summed E-state index contributed by atoms with van der Waals surface area (Å²) in [5, 5.41) is 22.5. The van der Waals surface area contributed by atoms with Crippen LogP contribution in [0.1, 0.15) is 78.7 Å². The minimum Gasteiger partial charge on any atom is -0.462 e. The van der Waals surface area contributed by atoms with Crippen LogP contribution in [0.3, 0.4) is 0 Å². The SMILES string of the molecule is CCOC(=O)c1c(N2C(N)=C(C#N)C(c3cccc([N+](=O)[O-])c3)C3=C2CC(C)(C)CC3=O)sc2c1CCCC2. The van der Waals surface area contributed by atoms with Gasteiger partial charge < -0.3 is 10.5 Å². The van der Waals surface area contributed by atoms with E-state index in [1.165, 1.54) is 23.5 Å². The van der Waals surface area contributed by atoms with E-state index in [0.29, 0.717) is 33.8 Å². The van der Waals surface area contributed by atoms with Crippen molar-refractivity contribution < 1.29 is 19.2 Å². The fourth-order valence-corrected chi connectivity index (χ4v) is 7.43. The van der Waals surface area contributed by atoms with Gasteiger partial charge in [0.2, 0.25) is 0 Å². The van der Waals surface area contributed by atoms with Gasteiger partial charge >= 0.3 is 5.97 Å². The first-order valence-electron chi connectivity index (χ1n) is 13.1. The number of allylic oxidation sites excluding steroid dienone is 3. The van der Waals surface area contributed by atoms with Crippen molar-refractivity contribution >= 4 is 33.8 Å². The molecule has 5 rings (SSSR count). The number of ketones is 1. The minimum absolute atomic E-state index is 0.127.